The third-order valence-corrected chi connectivity index (χ3v) is 6.20. The molecule has 118 valence electrons. The van der Waals surface area contributed by atoms with E-state index in [4.69, 9.17) is 39.5 Å². The Morgan fingerprint density at radius 3 is 2.52 bits per heavy atom. The normalized spacial score (nSPS) is 19.7. The molecular weight excluding hydrogens is 357 g/mol. The number of hydrogen-bond donors (Lipinski definition) is 0. The lowest BCUT2D eigenvalue weighted by Crippen LogP contribution is -2.50. The molecule has 0 amide bonds. The van der Waals surface area contributed by atoms with Crippen molar-refractivity contribution in [1.29, 1.82) is 0 Å². The largest absolute Gasteiger partial charge is 0.373 e. The number of morpholine rings is 1. The molecule has 0 saturated carbocycles. The number of hydrogen-bond acceptors (Lipinski definition) is 3. The monoisotopic (exact) mass is 371 g/mol. The van der Waals surface area contributed by atoms with Gasteiger partial charge in [0.1, 0.15) is 4.90 Å². The first-order valence-electron chi connectivity index (χ1n) is 6.35. The SMILES string of the molecule is CC1(C)CN(S(=O)(=O)c2cc(CCl)c(Cl)cc2Cl)CCO1. The van der Waals surface area contributed by atoms with Gasteiger partial charge in [0.05, 0.1) is 17.2 Å². The van der Waals surface area contributed by atoms with Crippen LogP contribution < -0.4 is 0 Å². The third-order valence-electron chi connectivity index (χ3n) is 3.25. The molecule has 1 aromatic carbocycles. The van der Waals surface area contributed by atoms with Gasteiger partial charge in [-0.15, -0.1) is 11.6 Å². The van der Waals surface area contributed by atoms with E-state index in [1.165, 1.54) is 16.4 Å². The molecule has 0 aromatic heterocycles. The van der Waals surface area contributed by atoms with Crippen molar-refractivity contribution in [2.45, 2.75) is 30.2 Å². The third kappa shape index (κ3) is 3.66. The molecule has 0 bridgehead atoms. The fraction of sp³-hybridized carbons (Fsp3) is 0.538. The van der Waals surface area contributed by atoms with Crippen LogP contribution in [-0.4, -0.2) is 38.0 Å². The van der Waals surface area contributed by atoms with E-state index < -0.39 is 15.6 Å². The highest BCUT2D eigenvalue weighted by molar-refractivity contribution is 7.89. The van der Waals surface area contributed by atoms with Crippen LogP contribution in [0, 0.1) is 0 Å². The van der Waals surface area contributed by atoms with Crippen molar-refractivity contribution in [1.82, 2.24) is 4.31 Å². The minimum absolute atomic E-state index is 0.0296. The van der Waals surface area contributed by atoms with Crippen molar-refractivity contribution in [3.8, 4) is 0 Å². The van der Waals surface area contributed by atoms with Crippen molar-refractivity contribution >= 4 is 44.8 Å². The van der Waals surface area contributed by atoms with Gasteiger partial charge in [-0.05, 0) is 31.5 Å². The van der Waals surface area contributed by atoms with Gasteiger partial charge in [0, 0.05) is 24.0 Å². The van der Waals surface area contributed by atoms with E-state index in [0.29, 0.717) is 23.7 Å². The average Bonchev–Trinajstić information content (AvgIpc) is 2.37. The summed E-state index contributed by atoms with van der Waals surface area (Å²) in [7, 11) is -3.71. The number of alkyl halides is 1. The summed E-state index contributed by atoms with van der Waals surface area (Å²) in [6.45, 7) is 4.61. The number of halogens is 3. The minimum Gasteiger partial charge on any atom is -0.373 e. The molecule has 1 saturated heterocycles. The summed E-state index contributed by atoms with van der Waals surface area (Å²) in [4.78, 5) is 0.0296. The van der Waals surface area contributed by atoms with Crippen LogP contribution in [0.25, 0.3) is 0 Å². The quantitative estimate of drug-likeness (QED) is 0.763. The molecule has 0 aliphatic carbocycles. The van der Waals surface area contributed by atoms with Crippen molar-refractivity contribution < 1.29 is 13.2 Å². The van der Waals surface area contributed by atoms with Gasteiger partial charge in [0.25, 0.3) is 0 Å². The number of rotatable bonds is 3. The second-order valence-electron chi connectivity index (χ2n) is 5.45. The zero-order valence-electron chi connectivity index (χ0n) is 11.7. The van der Waals surface area contributed by atoms with E-state index in [0.717, 1.165) is 0 Å². The molecule has 1 fully saturated rings. The van der Waals surface area contributed by atoms with Crippen molar-refractivity contribution in [3.63, 3.8) is 0 Å². The van der Waals surface area contributed by atoms with Gasteiger partial charge in [-0.1, -0.05) is 23.2 Å². The van der Waals surface area contributed by atoms with Gasteiger partial charge in [-0.2, -0.15) is 4.31 Å². The maximum absolute atomic E-state index is 12.8. The molecule has 0 unspecified atom stereocenters. The van der Waals surface area contributed by atoms with Crippen molar-refractivity contribution in [3.05, 3.63) is 27.7 Å². The summed E-state index contributed by atoms with van der Waals surface area (Å²) in [6.07, 6.45) is 0. The molecular formula is C13H16Cl3NO3S. The van der Waals surface area contributed by atoms with Crippen LogP contribution in [0.3, 0.4) is 0 Å². The molecule has 1 aliphatic rings. The van der Waals surface area contributed by atoms with Crippen LogP contribution in [0.4, 0.5) is 0 Å². The van der Waals surface area contributed by atoms with Crippen LogP contribution in [-0.2, 0) is 20.6 Å². The van der Waals surface area contributed by atoms with Crippen LogP contribution in [0.5, 0.6) is 0 Å². The first kappa shape index (κ1) is 17.3. The Kier molecular flexibility index (Phi) is 5.13. The topological polar surface area (TPSA) is 46.6 Å². The Labute approximate surface area is 140 Å². The molecule has 0 spiro atoms. The highest BCUT2D eigenvalue weighted by Crippen LogP contribution is 2.32. The first-order valence-corrected chi connectivity index (χ1v) is 9.08. The molecule has 0 N–H and O–H groups in total. The van der Waals surface area contributed by atoms with E-state index in [9.17, 15) is 8.42 Å². The fourth-order valence-corrected chi connectivity index (χ4v) is 4.89. The molecule has 0 atom stereocenters. The molecule has 1 aromatic rings. The van der Waals surface area contributed by atoms with Crippen LogP contribution in [0.1, 0.15) is 19.4 Å². The van der Waals surface area contributed by atoms with Crippen molar-refractivity contribution in [2.75, 3.05) is 19.7 Å². The summed E-state index contributed by atoms with van der Waals surface area (Å²) in [6, 6.07) is 2.86. The van der Waals surface area contributed by atoms with Crippen molar-refractivity contribution in [2.24, 2.45) is 0 Å². The highest BCUT2D eigenvalue weighted by Gasteiger charge is 2.36. The van der Waals surface area contributed by atoms with Gasteiger partial charge in [-0.25, -0.2) is 8.42 Å². The smallest absolute Gasteiger partial charge is 0.244 e. The number of ether oxygens (including phenoxy) is 1. The maximum atomic E-state index is 12.8. The summed E-state index contributed by atoms with van der Waals surface area (Å²) in [5, 5.41) is 0.453. The van der Waals surface area contributed by atoms with Gasteiger partial charge in [0.15, 0.2) is 0 Å². The van der Waals surface area contributed by atoms with Crippen LogP contribution in [0.2, 0.25) is 10.0 Å². The van der Waals surface area contributed by atoms with Gasteiger partial charge >= 0.3 is 0 Å². The predicted octanol–water partition coefficient (Wildman–Crippen LogP) is 3.53. The average molecular weight is 373 g/mol. The van der Waals surface area contributed by atoms with Gasteiger partial charge < -0.3 is 4.74 Å². The lowest BCUT2D eigenvalue weighted by atomic mass is 10.1. The Bertz CT molecular complexity index is 646. The summed E-state index contributed by atoms with van der Waals surface area (Å²) < 4.78 is 32.5. The molecule has 21 heavy (non-hydrogen) atoms. The maximum Gasteiger partial charge on any atom is 0.244 e. The number of nitrogens with zero attached hydrogens (tertiary/aromatic N) is 1. The zero-order chi connectivity index (χ0) is 15.8. The standard InChI is InChI=1S/C13H16Cl3NO3S/c1-13(2)8-17(3-4-20-13)21(18,19)12-5-9(7-14)10(15)6-11(12)16/h5-6H,3-4,7-8H2,1-2H3. The fourth-order valence-electron chi connectivity index (χ4n) is 2.19. The Morgan fingerprint density at radius 2 is 1.95 bits per heavy atom. The van der Waals surface area contributed by atoms with E-state index in [2.05, 4.69) is 0 Å². The predicted molar refractivity (Wildman–Crippen MR) is 84.8 cm³/mol. The van der Waals surface area contributed by atoms with Crippen LogP contribution in [0.15, 0.2) is 17.0 Å². The summed E-state index contributed by atoms with van der Waals surface area (Å²) >= 11 is 17.8. The minimum atomic E-state index is -3.71. The van der Waals surface area contributed by atoms with Crippen LogP contribution >= 0.6 is 34.8 Å². The number of benzene rings is 1. The first-order chi connectivity index (χ1) is 9.67. The van der Waals surface area contributed by atoms with E-state index in [-0.39, 0.29) is 22.3 Å². The van der Waals surface area contributed by atoms with E-state index in [1.54, 1.807) is 0 Å². The molecule has 8 heteroatoms. The Morgan fingerprint density at radius 1 is 1.29 bits per heavy atom. The Hall–Kier alpha value is -0.0400. The molecule has 2 rings (SSSR count). The molecule has 1 aliphatic heterocycles. The number of sulfonamides is 1. The molecule has 4 nitrogen and oxygen atoms in total. The van der Waals surface area contributed by atoms with Gasteiger partial charge in [-0.3, -0.25) is 0 Å². The lowest BCUT2D eigenvalue weighted by molar-refractivity contribution is -0.0640. The second-order valence-corrected chi connectivity index (χ2v) is 8.44. The lowest BCUT2D eigenvalue weighted by Gasteiger charge is -2.37. The molecule has 0 radical (unpaired) electrons. The summed E-state index contributed by atoms with van der Waals surface area (Å²) in [5.74, 6) is 0.118. The second kappa shape index (κ2) is 6.22. The Balaban J connectivity index is 2.44. The highest BCUT2D eigenvalue weighted by atomic mass is 35.5. The van der Waals surface area contributed by atoms with Gasteiger partial charge in [0.2, 0.25) is 10.0 Å². The van der Waals surface area contributed by atoms with E-state index in [1.807, 2.05) is 13.8 Å². The summed E-state index contributed by atoms with van der Waals surface area (Å²) in [5.41, 5.74) is 0.00771. The zero-order valence-corrected chi connectivity index (χ0v) is 14.8. The van der Waals surface area contributed by atoms with E-state index >= 15 is 0 Å². The molecule has 1 heterocycles.